The Morgan fingerprint density at radius 1 is 1.39 bits per heavy atom. The average molecular weight is 274 g/mol. The lowest BCUT2D eigenvalue weighted by Gasteiger charge is -2.15. The Labute approximate surface area is 113 Å². The normalized spacial score (nSPS) is 10.4. The van der Waals surface area contributed by atoms with Gasteiger partial charge in [-0.15, -0.1) is 0 Å². The number of ether oxygens (including phenoxy) is 2. The molecular formula is C13H20ClNO3. The van der Waals surface area contributed by atoms with Crippen LogP contribution in [0, 0.1) is 0 Å². The van der Waals surface area contributed by atoms with E-state index in [1.807, 2.05) is 13.0 Å². The molecule has 18 heavy (non-hydrogen) atoms. The van der Waals surface area contributed by atoms with Crippen molar-refractivity contribution in [3.8, 4) is 11.5 Å². The van der Waals surface area contributed by atoms with E-state index < -0.39 is 0 Å². The lowest BCUT2D eigenvalue weighted by molar-refractivity contribution is 0.284. The maximum absolute atomic E-state index is 8.77. The zero-order chi connectivity index (χ0) is 13.4. The highest BCUT2D eigenvalue weighted by atomic mass is 35.5. The van der Waals surface area contributed by atoms with Crippen LogP contribution in [-0.4, -0.2) is 32.0 Å². The molecule has 1 rings (SSSR count). The molecule has 0 radical (unpaired) electrons. The molecule has 1 aromatic rings. The molecule has 0 aromatic heterocycles. The van der Waals surface area contributed by atoms with Crippen LogP contribution in [0.25, 0.3) is 0 Å². The van der Waals surface area contributed by atoms with E-state index in [1.165, 1.54) is 0 Å². The highest BCUT2D eigenvalue weighted by molar-refractivity contribution is 6.30. The van der Waals surface area contributed by atoms with Crippen molar-refractivity contribution in [1.29, 1.82) is 0 Å². The third kappa shape index (κ3) is 4.37. The van der Waals surface area contributed by atoms with Gasteiger partial charge < -0.3 is 19.9 Å². The molecule has 0 unspecified atom stereocenters. The monoisotopic (exact) mass is 273 g/mol. The predicted molar refractivity (Wildman–Crippen MR) is 72.6 cm³/mol. The van der Waals surface area contributed by atoms with E-state index in [0.29, 0.717) is 36.2 Å². The van der Waals surface area contributed by atoms with E-state index >= 15 is 0 Å². The highest BCUT2D eigenvalue weighted by Crippen LogP contribution is 2.34. The molecule has 1 aromatic carbocycles. The van der Waals surface area contributed by atoms with E-state index in [9.17, 15) is 0 Å². The standard InChI is InChI=1S/C13H20ClNO3/c1-3-6-18-13-10(9-15-4-5-16)7-11(14)8-12(13)17-2/h7-8,15-16H,3-6,9H2,1-2H3. The third-order valence-corrected chi connectivity index (χ3v) is 2.59. The van der Waals surface area contributed by atoms with Gasteiger partial charge in [0.05, 0.1) is 20.3 Å². The van der Waals surface area contributed by atoms with Crippen LogP contribution >= 0.6 is 11.6 Å². The predicted octanol–water partition coefficient (Wildman–Crippen LogP) is 2.22. The van der Waals surface area contributed by atoms with E-state index in [4.69, 9.17) is 26.2 Å². The van der Waals surface area contributed by atoms with Crippen molar-refractivity contribution in [3.05, 3.63) is 22.7 Å². The Balaban J connectivity index is 2.91. The summed E-state index contributed by atoms with van der Waals surface area (Å²) in [6.07, 6.45) is 0.926. The molecule has 0 atom stereocenters. The molecule has 0 fully saturated rings. The molecule has 0 aliphatic rings. The molecule has 0 saturated carbocycles. The van der Waals surface area contributed by atoms with Crippen LogP contribution in [0.15, 0.2) is 12.1 Å². The fourth-order valence-corrected chi connectivity index (χ4v) is 1.81. The Morgan fingerprint density at radius 3 is 2.78 bits per heavy atom. The Morgan fingerprint density at radius 2 is 2.17 bits per heavy atom. The van der Waals surface area contributed by atoms with Crippen molar-refractivity contribution in [2.24, 2.45) is 0 Å². The maximum Gasteiger partial charge on any atom is 0.165 e. The van der Waals surface area contributed by atoms with Crippen LogP contribution in [-0.2, 0) is 6.54 Å². The summed E-state index contributed by atoms with van der Waals surface area (Å²) in [6, 6.07) is 3.58. The van der Waals surface area contributed by atoms with Gasteiger partial charge in [0.1, 0.15) is 0 Å². The Kier molecular flexibility index (Phi) is 6.86. The first-order valence-electron chi connectivity index (χ1n) is 6.03. The van der Waals surface area contributed by atoms with Crippen LogP contribution in [0.3, 0.4) is 0 Å². The van der Waals surface area contributed by atoms with Crippen molar-refractivity contribution in [2.45, 2.75) is 19.9 Å². The zero-order valence-electron chi connectivity index (χ0n) is 10.8. The summed E-state index contributed by atoms with van der Waals surface area (Å²) in [4.78, 5) is 0. The largest absolute Gasteiger partial charge is 0.493 e. The lowest BCUT2D eigenvalue weighted by Crippen LogP contribution is -2.18. The van der Waals surface area contributed by atoms with Crippen molar-refractivity contribution >= 4 is 11.6 Å². The molecule has 0 bridgehead atoms. The number of halogens is 1. The van der Waals surface area contributed by atoms with Crippen molar-refractivity contribution in [3.63, 3.8) is 0 Å². The van der Waals surface area contributed by atoms with Gasteiger partial charge in [-0.25, -0.2) is 0 Å². The highest BCUT2D eigenvalue weighted by Gasteiger charge is 2.12. The zero-order valence-corrected chi connectivity index (χ0v) is 11.6. The Hall–Kier alpha value is -0.970. The molecule has 0 aliphatic carbocycles. The minimum atomic E-state index is 0.100. The molecule has 0 heterocycles. The number of aliphatic hydroxyl groups excluding tert-OH is 1. The number of nitrogens with one attached hydrogen (secondary N) is 1. The number of hydrogen-bond donors (Lipinski definition) is 2. The van der Waals surface area contributed by atoms with Crippen molar-refractivity contribution in [2.75, 3.05) is 26.9 Å². The summed E-state index contributed by atoms with van der Waals surface area (Å²) in [5, 5.41) is 12.5. The van der Waals surface area contributed by atoms with Gasteiger partial charge in [0.25, 0.3) is 0 Å². The first-order chi connectivity index (χ1) is 8.72. The maximum atomic E-state index is 8.77. The fraction of sp³-hybridized carbons (Fsp3) is 0.538. The molecular weight excluding hydrogens is 254 g/mol. The van der Waals surface area contributed by atoms with E-state index in [2.05, 4.69) is 5.32 Å². The molecule has 5 heteroatoms. The number of rotatable bonds is 8. The molecule has 0 amide bonds. The third-order valence-electron chi connectivity index (χ3n) is 2.37. The number of benzene rings is 1. The van der Waals surface area contributed by atoms with Crippen LogP contribution < -0.4 is 14.8 Å². The van der Waals surface area contributed by atoms with Gasteiger partial charge in [-0.1, -0.05) is 18.5 Å². The quantitative estimate of drug-likeness (QED) is 0.713. The first-order valence-corrected chi connectivity index (χ1v) is 6.41. The van der Waals surface area contributed by atoms with E-state index in [-0.39, 0.29) is 6.61 Å². The van der Waals surface area contributed by atoms with Gasteiger partial charge in [-0.2, -0.15) is 0 Å². The number of methoxy groups -OCH3 is 1. The molecule has 0 spiro atoms. The van der Waals surface area contributed by atoms with Gasteiger partial charge in [-0.3, -0.25) is 0 Å². The molecule has 102 valence electrons. The SMILES string of the molecule is CCCOc1c(CNCCO)cc(Cl)cc1OC. The minimum Gasteiger partial charge on any atom is -0.493 e. The van der Waals surface area contributed by atoms with Crippen LogP contribution in [0.2, 0.25) is 5.02 Å². The molecule has 4 nitrogen and oxygen atoms in total. The second kappa shape index (κ2) is 8.19. The van der Waals surface area contributed by atoms with Gasteiger partial charge >= 0.3 is 0 Å². The summed E-state index contributed by atoms with van der Waals surface area (Å²) in [5.41, 5.74) is 0.932. The summed E-state index contributed by atoms with van der Waals surface area (Å²) in [5.74, 6) is 1.35. The average Bonchev–Trinajstić information content (AvgIpc) is 2.37. The molecule has 0 aliphatic heterocycles. The second-order valence-electron chi connectivity index (χ2n) is 3.85. The molecule has 2 N–H and O–H groups in total. The molecule has 0 saturated heterocycles. The second-order valence-corrected chi connectivity index (χ2v) is 4.28. The van der Waals surface area contributed by atoms with Crippen LogP contribution in [0.4, 0.5) is 0 Å². The minimum absolute atomic E-state index is 0.100. The van der Waals surface area contributed by atoms with Crippen LogP contribution in [0.1, 0.15) is 18.9 Å². The summed E-state index contributed by atoms with van der Waals surface area (Å²) in [7, 11) is 1.59. The number of hydrogen-bond acceptors (Lipinski definition) is 4. The number of aliphatic hydroxyl groups is 1. The van der Waals surface area contributed by atoms with E-state index in [1.54, 1.807) is 13.2 Å². The van der Waals surface area contributed by atoms with Gasteiger partial charge in [0, 0.05) is 29.7 Å². The topological polar surface area (TPSA) is 50.7 Å². The smallest absolute Gasteiger partial charge is 0.165 e. The van der Waals surface area contributed by atoms with Gasteiger partial charge in [0.2, 0.25) is 0 Å². The van der Waals surface area contributed by atoms with Crippen molar-refractivity contribution in [1.82, 2.24) is 5.32 Å². The van der Waals surface area contributed by atoms with Gasteiger partial charge in [-0.05, 0) is 12.5 Å². The first kappa shape index (κ1) is 15.1. The fourth-order valence-electron chi connectivity index (χ4n) is 1.58. The summed E-state index contributed by atoms with van der Waals surface area (Å²) >= 11 is 6.03. The summed E-state index contributed by atoms with van der Waals surface area (Å²) < 4.78 is 11.0. The lowest BCUT2D eigenvalue weighted by atomic mass is 10.2. The van der Waals surface area contributed by atoms with E-state index in [0.717, 1.165) is 12.0 Å². The van der Waals surface area contributed by atoms with Gasteiger partial charge in [0.15, 0.2) is 11.5 Å². The van der Waals surface area contributed by atoms with Crippen molar-refractivity contribution < 1.29 is 14.6 Å². The van der Waals surface area contributed by atoms with Crippen LogP contribution in [0.5, 0.6) is 11.5 Å². The summed E-state index contributed by atoms with van der Waals surface area (Å²) in [6.45, 7) is 3.89. The Bertz CT molecular complexity index is 371.